The van der Waals surface area contributed by atoms with Crippen LogP contribution in [-0.4, -0.2) is 71.8 Å². The van der Waals surface area contributed by atoms with Crippen LogP contribution in [0.4, 0.5) is 11.5 Å². The van der Waals surface area contributed by atoms with Gasteiger partial charge >= 0.3 is 6.01 Å². The van der Waals surface area contributed by atoms with E-state index < -0.39 is 0 Å². The predicted molar refractivity (Wildman–Crippen MR) is 151 cm³/mol. The standard InChI is InChI=1S/C30H39ClN6O/c31-24-4-1-5-26(27(24)20-6-7-20)35-15-10-23-25(18-35)33-29(38-19-30-11-2-13-37(30)14-3-12-30)34-28(23)36-16-21-8-9-22(17-36)32-21/h1,4-5,20-22,32H,2-3,6-19H2. The SMILES string of the molecule is Clc1cccc(N2CCc3c(nc(OCC45CCCN4CCC5)nc3N3CC4CCC(C3)N4)C2)c1C1CC1. The number of ether oxygens (including phenoxy) is 1. The Kier molecular flexibility index (Phi) is 5.78. The summed E-state index contributed by atoms with van der Waals surface area (Å²) in [6, 6.07) is 8.13. The van der Waals surface area contributed by atoms with Crippen LogP contribution in [0.2, 0.25) is 5.02 Å². The molecule has 7 nitrogen and oxygen atoms in total. The van der Waals surface area contributed by atoms with Crippen molar-refractivity contribution in [1.82, 2.24) is 20.2 Å². The number of nitrogens with one attached hydrogen (secondary N) is 1. The van der Waals surface area contributed by atoms with Gasteiger partial charge in [-0.1, -0.05) is 17.7 Å². The molecular formula is C30H39ClN6O. The molecule has 8 rings (SSSR count). The number of nitrogens with zero attached hydrogens (tertiary/aromatic N) is 5. The molecule has 6 heterocycles. The minimum absolute atomic E-state index is 0.194. The van der Waals surface area contributed by atoms with Crippen molar-refractivity contribution in [1.29, 1.82) is 0 Å². The molecule has 1 aliphatic carbocycles. The Morgan fingerprint density at radius 2 is 1.76 bits per heavy atom. The van der Waals surface area contributed by atoms with E-state index in [4.69, 9.17) is 26.3 Å². The van der Waals surface area contributed by atoms with Crippen LogP contribution in [0.25, 0.3) is 0 Å². The second-order valence-corrected chi connectivity index (χ2v) is 13.0. The third-order valence-corrected chi connectivity index (χ3v) is 10.5. The molecule has 0 spiro atoms. The molecule has 2 aromatic rings. The lowest BCUT2D eigenvalue weighted by molar-refractivity contribution is 0.107. The van der Waals surface area contributed by atoms with Gasteiger partial charge in [0.25, 0.3) is 0 Å². The second kappa shape index (κ2) is 9.24. The molecule has 0 radical (unpaired) electrons. The minimum atomic E-state index is 0.194. The molecule has 202 valence electrons. The van der Waals surface area contributed by atoms with E-state index in [1.54, 1.807) is 0 Å². The van der Waals surface area contributed by atoms with Gasteiger partial charge in [-0.3, -0.25) is 4.90 Å². The van der Waals surface area contributed by atoms with Crippen LogP contribution in [0, 0.1) is 0 Å². The zero-order valence-electron chi connectivity index (χ0n) is 22.3. The summed E-state index contributed by atoms with van der Waals surface area (Å²) >= 11 is 6.73. The first-order chi connectivity index (χ1) is 18.6. The lowest BCUT2D eigenvalue weighted by Gasteiger charge is -2.38. The molecule has 2 atom stereocenters. The Labute approximate surface area is 230 Å². The molecule has 38 heavy (non-hydrogen) atoms. The highest BCUT2D eigenvalue weighted by molar-refractivity contribution is 6.31. The summed E-state index contributed by atoms with van der Waals surface area (Å²) in [5.41, 5.74) is 5.28. The summed E-state index contributed by atoms with van der Waals surface area (Å²) in [6.07, 6.45) is 11.0. The molecule has 5 aliphatic heterocycles. The summed E-state index contributed by atoms with van der Waals surface area (Å²) in [7, 11) is 0. The molecule has 1 saturated carbocycles. The van der Waals surface area contributed by atoms with Crippen molar-refractivity contribution < 1.29 is 4.74 Å². The van der Waals surface area contributed by atoms with Crippen LogP contribution in [0.1, 0.15) is 74.1 Å². The highest BCUT2D eigenvalue weighted by Crippen LogP contribution is 2.48. The summed E-state index contributed by atoms with van der Waals surface area (Å²) in [4.78, 5) is 18.0. The number of hydrogen-bond donors (Lipinski definition) is 1. The largest absolute Gasteiger partial charge is 0.461 e. The Bertz CT molecular complexity index is 1210. The van der Waals surface area contributed by atoms with Crippen LogP contribution in [0.15, 0.2) is 18.2 Å². The molecule has 2 bridgehead atoms. The molecule has 1 aromatic carbocycles. The van der Waals surface area contributed by atoms with Gasteiger partial charge in [-0.05, 0) is 94.5 Å². The normalized spacial score (nSPS) is 28.0. The highest BCUT2D eigenvalue weighted by atomic mass is 35.5. The molecule has 2 unspecified atom stereocenters. The van der Waals surface area contributed by atoms with Crippen molar-refractivity contribution in [2.45, 2.75) is 87.9 Å². The fourth-order valence-corrected chi connectivity index (χ4v) is 8.45. The van der Waals surface area contributed by atoms with Gasteiger partial charge in [0.2, 0.25) is 0 Å². The van der Waals surface area contributed by atoms with E-state index >= 15 is 0 Å². The van der Waals surface area contributed by atoms with Gasteiger partial charge in [-0.2, -0.15) is 9.97 Å². The van der Waals surface area contributed by atoms with Crippen LogP contribution < -0.4 is 19.9 Å². The Balaban J connectivity index is 1.12. The first-order valence-corrected chi connectivity index (χ1v) is 15.3. The van der Waals surface area contributed by atoms with E-state index in [0.29, 0.717) is 30.6 Å². The fourth-order valence-electron chi connectivity index (χ4n) is 8.13. The average Bonchev–Trinajstić information content (AvgIpc) is 3.43. The molecule has 1 N–H and O–H groups in total. The lowest BCUT2D eigenvalue weighted by Crippen LogP contribution is -2.52. The molecule has 5 fully saturated rings. The van der Waals surface area contributed by atoms with Crippen molar-refractivity contribution in [2.75, 3.05) is 49.1 Å². The van der Waals surface area contributed by atoms with Gasteiger partial charge < -0.3 is 19.9 Å². The fraction of sp³-hybridized carbons (Fsp3) is 0.667. The summed E-state index contributed by atoms with van der Waals surface area (Å²) < 4.78 is 6.55. The maximum absolute atomic E-state index is 6.73. The molecule has 1 aromatic heterocycles. The van der Waals surface area contributed by atoms with Crippen LogP contribution in [0.5, 0.6) is 6.01 Å². The second-order valence-electron chi connectivity index (χ2n) is 12.6. The molecule has 0 amide bonds. The van der Waals surface area contributed by atoms with E-state index in [9.17, 15) is 0 Å². The lowest BCUT2D eigenvalue weighted by atomic mass is 9.95. The quantitative estimate of drug-likeness (QED) is 0.585. The topological polar surface area (TPSA) is 56.8 Å². The number of piperazine rings is 1. The average molecular weight is 535 g/mol. The Hall–Kier alpha value is -2.09. The van der Waals surface area contributed by atoms with E-state index in [0.717, 1.165) is 49.1 Å². The van der Waals surface area contributed by atoms with Crippen molar-refractivity contribution in [3.8, 4) is 6.01 Å². The van der Waals surface area contributed by atoms with E-state index in [-0.39, 0.29) is 5.54 Å². The van der Waals surface area contributed by atoms with Crippen molar-refractivity contribution in [2.24, 2.45) is 0 Å². The summed E-state index contributed by atoms with van der Waals surface area (Å²) in [5, 5.41) is 4.70. The minimum Gasteiger partial charge on any atom is -0.461 e. The number of anilines is 2. The maximum Gasteiger partial charge on any atom is 0.318 e. The number of aromatic nitrogens is 2. The van der Waals surface area contributed by atoms with Gasteiger partial charge in [0, 0.05) is 48.0 Å². The number of fused-ring (bicyclic) bond motifs is 4. The van der Waals surface area contributed by atoms with Crippen molar-refractivity contribution in [3.05, 3.63) is 40.0 Å². The number of rotatable bonds is 6. The van der Waals surface area contributed by atoms with Gasteiger partial charge in [0.15, 0.2) is 0 Å². The van der Waals surface area contributed by atoms with Gasteiger partial charge in [0.05, 0.1) is 17.8 Å². The molecular weight excluding hydrogens is 496 g/mol. The Morgan fingerprint density at radius 1 is 0.974 bits per heavy atom. The summed E-state index contributed by atoms with van der Waals surface area (Å²) in [5.74, 6) is 1.74. The Morgan fingerprint density at radius 3 is 2.53 bits per heavy atom. The van der Waals surface area contributed by atoms with Crippen molar-refractivity contribution >= 4 is 23.1 Å². The predicted octanol–water partition coefficient (Wildman–Crippen LogP) is 4.52. The van der Waals surface area contributed by atoms with Crippen LogP contribution >= 0.6 is 11.6 Å². The van der Waals surface area contributed by atoms with Crippen LogP contribution in [0.3, 0.4) is 0 Å². The molecule has 8 heteroatoms. The summed E-state index contributed by atoms with van der Waals surface area (Å²) in [6.45, 7) is 6.95. The molecule has 6 aliphatic rings. The third-order valence-electron chi connectivity index (χ3n) is 10.2. The van der Waals surface area contributed by atoms with Gasteiger partial charge in [0.1, 0.15) is 12.4 Å². The monoisotopic (exact) mass is 534 g/mol. The van der Waals surface area contributed by atoms with Crippen LogP contribution in [-0.2, 0) is 13.0 Å². The first-order valence-electron chi connectivity index (χ1n) is 15.0. The van der Waals surface area contributed by atoms with E-state index in [1.165, 1.54) is 81.3 Å². The number of benzene rings is 1. The van der Waals surface area contributed by atoms with Gasteiger partial charge in [-0.25, -0.2) is 0 Å². The van der Waals surface area contributed by atoms with Gasteiger partial charge in [-0.15, -0.1) is 0 Å². The highest BCUT2D eigenvalue weighted by Gasteiger charge is 2.45. The van der Waals surface area contributed by atoms with E-state index in [2.05, 4.69) is 38.2 Å². The van der Waals surface area contributed by atoms with E-state index in [1.807, 2.05) is 0 Å². The first kappa shape index (κ1) is 23.8. The van der Waals surface area contributed by atoms with Crippen molar-refractivity contribution in [3.63, 3.8) is 0 Å². The smallest absolute Gasteiger partial charge is 0.318 e. The third kappa shape index (κ3) is 4.08. The maximum atomic E-state index is 6.73. The zero-order chi connectivity index (χ0) is 25.3. The zero-order valence-corrected chi connectivity index (χ0v) is 23.1. The number of hydrogen-bond acceptors (Lipinski definition) is 7. The molecule has 4 saturated heterocycles. The number of halogens is 1.